The van der Waals surface area contributed by atoms with E-state index in [1.807, 2.05) is 34.7 Å². The minimum atomic E-state index is -4.52. The standard InChI is InChI=1S/C19H22F3IN4O/c1-13-5-3-4-6-16(13)25-7-9-26(10-8-25)17(28)12-27-14(2)15(11-23)18(24-27)19(20,21)22/h3-6H,7-12H2,1-2H3. The summed E-state index contributed by atoms with van der Waals surface area (Å²) in [4.78, 5) is 16.6. The molecule has 1 aliphatic rings. The van der Waals surface area contributed by atoms with Crippen molar-refractivity contribution in [3.63, 3.8) is 0 Å². The second kappa shape index (κ2) is 8.30. The molecule has 0 aliphatic carbocycles. The lowest BCUT2D eigenvalue weighted by atomic mass is 10.1. The van der Waals surface area contributed by atoms with Gasteiger partial charge < -0.3 is 9.80 Å². The fourth-order valence-electron chi connectivity index (χ4n) is 3.47. The highest BCUT2D eigenvalue weighted by Gasteiger charge is 2.38. The van der Waals surface area contributed by atoms with E-state index in [-0.39, 0.29) is 22.4 Å². The van der Waals surface area contributed by atoms with E-state index in [1.54, 1.807) is 11.8 Å². The number of hydrogen-bond acceptors (Lipinski definition) is 3. The lowest BCUT2D eigenvalue weighted by Gasteiger charge is -2.36. The minimum absolute atomic E-state index is 0.144. The van der Waals surface area contributed by atoms with Crippen LogP contribution in [-0.4, -0.2) is 46.8 Å². The van der Waals surface area contributed by atoms with Crippen molar-refractivity contribution in [3.8, 4) is 0 Å². The minimum Gasteiger partial charge on any atom is -0.368 e. The number of carbonyl (C=O) groups is 1. The zero-order valence-electron chi connectivity index (χ0n) is 15.8. The zero-order chi connectivity index (χ0) is 20.5. The molecular formula is C19H22F3IN4O. The van der Waals surface area contributed by atoms with Crippen molar-refractivity contribution in [1.29, 1.82) is 0 Å². The molecule has 0 unspecified atom stereocenters. The smallest absolute Gasteiger partial charge is 0.368 e. The van der Waals surface area contributed by atoms with Crippen molar-refractivity contribution in [1.82, 2.24) is 14.7 Å². The molecular weight excluding hydrogens is 484 g/mol. The van der Waals surface area contributed by atoms with E-state index in [9.17, 15) is 18.0 Å². The number of para-hydroxylation sites is 1. The summed E-state index contributed by atoms with van der Waals surface area (Å²) in [5, 5.41) is 3.69. The van der Waals surface area contributed by atoms with Gasteiger partial charge in [-0.15, -0.1) is 0 Å². The molecule has 5 nitrogen and oxygen atoms in total. The Morgan fingerprint density at radius 3 is 2.32 bits per heavy atom. The molecule has 0 bridgehead atoms. The van der Waals surface area contributed by atoms with E-state index in [0.29, 0.717) is 31.9 Å². The molecule has 0 radical (unpaired) electrons. The number of nitrogens with zero attached hydrogens (tertiary/aromatic N) is 4. The highest BCUT2D eigenvalue weighted by atomic mass is 127. The first-order valence-electron chi connectivity index (χ1n) is 9.00. The highest BCUT2D eigenvalue weighted by Crippen LogP contribution is 2.33. The summed E-state index contributed by atoms with van der Waals surface area (Å²) in [7, 11) is 0. The van der Waals surface area contributed by atoms with Crippen LogP contribution >= 0.6 is 22.6 Å². The molecule has 0 saturated carbocycles. The predicted octanol–water partition coefficient (Wildman–Crippen LogP) is 3.80. The van der Waals surface area contributed by atoms with E-state index in [0.717, 1.165) is 5.69 Å². The number of carbonyl (C=O) groups excluding carboxylic acids is 1. The Bertz CT molecular complexity index is 857. The molecule has 152 valence electrons. The van der Waals surface area contributed by atoms with Gasteiger partial charge in [0.25, 0.3) is 0 Å². The summed E-state index contributed by atoms with van der Waals surface area (Å²) in [6.45, 7) is 5.94. The van der Waals surface area contributed by atoms with Crippen LogP contribution in [0.5, 0.6) is 0 Å². The zero-order valence-corrected chi connectivity index (χ0v) is 17.9. The second-order valence-corrected chi connectivity index (χ2v) is 7.62. The first-order chi connectivity index (χ1) is 13.2. The maximum absolute atomic E-state index is 13.2. The first-order valence-corrected chi connectivity index (χ1v) is 10.5. The lowest BCUT2D eigenvalue weighted by molar-refractivity contribution is -0.142. The van der Waals surface area contributed by atoms with Crippen molar-refractivity contribution in [3.05, 3.63) is 46.8 Å². The van der Waals surface area contributed by atoms with Crippen LogP contribution in [0.25, 0.3) is 0 Å². The maximum Gasteiger partial charge on any atom is 0.435 e. The van der Waals surface area contributed by atoms with Gasteiger partial charge in [-0.25, -0.2) is 0 Å². The summed E-state index contributed by atoms with van der Waals surface area (Å²) in [6, 6.07) is 8.09. The van der Waals surface area contributed by atoms with Crippen LogP contribution in [0.2, 0.25) is 0 Å². The first kappa shape index (κ1) is 20.9. The van der Waals surface area contributed by atoms with E-state index < -0.39 is 11.9 Å². The van der Waals surface area contributed by atoms with Crippen LogP contribution in [-0.2, 0) is 21.9 Å². The monoisotopic (exact) mass is 506 g/mol. The van der Waals surface area contributed by atoms with E-state index >= 15 is 0 Å². The number of hydrogen-bond donors (Lipinski definition) is 0. The van der Waals surface area contributed by atoms with E-state index in [4.69, 9.17) is 0 Å². The topological polar surface area (TPSA) is 41.4 Å². The van der Waals surface area contributed by atoms with Crippen molar-refractivity contribution >= 4 is 34.2 Å². The molecule has 3 rings (SSSR count). The van der Waals surface area contributed by atoms with Crippen molar-refractivity contribution in [2.75, 3.05) is 31.1 Å². The van der Waals surface area contributed by atoms with Crippen LogP contribution < -0.4 is 4.90 Å². The Morgan fingerprint density at radius 1 is 1.14 bits per heavy atom. The average Bonchev–Trinajstić information content (AvgIpc) is 2.98. The third-order valence-corrected chi connectivity index (χ3v) is 5.87. The molecule has 1 fully saturated rings. The van der Waals surface area contributed by atoms with Crippen LogP contribution in [0.15, 0.2) is 24.3 Å². The van der Waals surface area contributed by atoms with Gasteiger partial charge in [0.15, 0.2) is 5.69 Å². The molecule has 1 aliphatic heterocycles. The van der Waals surface area contributed by atoms with Gasteiger partial charge >= 0.3 is 6.18 Å². The van der Waals surface area contributed by atoms with Crippen molar-refractivity contribution in [2.45, 2.75) is 31.0 Å². The second-order valence-electron chi connectivity index (χ2n) is 6.86. The van der Waals surface area contributed by atoms with Gasteiger partial charge in [0.05, 0.1) is 0 Å². The Kier molecular flexibility index (Phi) is 6.21. The lowest BCUT2D eigenvalue weighted by Crippen LogP contribution is -2.49. The largest absolute Gasteiger partial charge is 0.435 e. The molecule has 0 N–H and O–H groups in total. The van der Waals surface area contributed by atoms with E-state index in [1.165, 1.54) is 10.2 Å². The number of amides is 1. The number of aryl methyl sites for hydroxylation is 1. The summed E-state index contributed by atoms with van der Waals surface area (Å²) in [6.07, 6.45) is -4.52. The predicted molar refractivity (Wildman–Crippen MR) is 110 cm³/mol. The molecule has 2 aromatic rings. The molecule has 1 aromatic heterocycles. The van der Waals surface area contributed by atoms with Crippen molar-refractivity contribution in [2.24, 2.45) is 0 Å². The molecule has 9 heteroatoms. The van der Waals surface area contributed by atoms with E-state index in [2.05, 4.69) is 29.1 Å². The molecule has 2 heterocycles. The Labute approximate surface area is 175 Å². The third-order valence-electron chi connectivity index (χ3n) is 5.11. The molecule has 1 aromatic carbocycles. The van der Waals surface area contributed by atoms with Crippen LogP contribution in [0.1, 0.15) is 22.5 Å². The van der Waals surface area contributed by atoms with Gasteiger partial charge in [0.1, 0.15) is 6.54 Å². The van der Waals surface area contributed by atoms with Gasteiger partial charge in [-0.3, -0.25) is 9.48 Å². The number of aromatic nitrogens is 2. The molecule has 28 heavy (non-hydrogen) atoms. The van der Waals surface area contributed by atoms with Crippen LogP contribution in [0, 0.1) is 13.8 Å². The van der Waals surface area contributed by atoms with Gasteiger partial charge in [-0.2, -0.15) is 18.3 Å². The Balaban J connectivity index is 1.67. The summed E-state index contributed by atoms with van der Waals surface area (Å²) >= 11 is 1.89. The fourth-order valence-corrected chi connectivity index (χ4v) is 4.38. The van der Waals surface area contributed by atoms with Gasteiger partial charge in [0.2, 0.25) is 5.91 Å². The van der Waals surface area contributed by atoms with Gasteiger partial charge in [-0.1, -0.05) is 40.8 Å². The number of anilines is 1. The number of alkyl halides is 4. The molecule has 1 amide bonds. The molecule has 0 spiro atoms. The van der Waals surface area contributed by atoms with Gasteiger partial charge in [-0.05, 0) is 25.5 Å². The fraction of sp³-hybridized carbons (Fsp3) is 0.474. The summed E-state index contributed by atoms with van der Waals surface area (Å²) < 4.78 is 40.9. The molecule has 1 saturated heterocycles. The maximum atomic E-state index is 13.2. The highest BCUT2D eigenvalue weighted by molar-refractivity contribution is 14.1. The average molecular weight is 506 g/mol. The quantitative estimate of drug-likeness (QED) is 0.468. The number of halogens is 4. The van der Waals surface area contributed by atoms with Crippen molar-refractivity contribution < 1.29 is 18.0 Å². The van der Waals surface area contributed by atoms with Gasteiger partial charge in [0, 0.05) is 47.6 Å². The SMILES string of the molecule is Cc1ccccc1N1CCN(C(=O)Cn2nc(C(F)(F)F)c(CI)c2C)CC1. The Hall–Kier alpha value is -1.78. The van der Waals surface area contributed by atoms with Crippen LogP contribution in [0.4, 0.5) is 18.9 Å². The number of piperazine rings is 1. The normalized spacial score (nSPS) is 15.2. The summed E-state index contributed by atoms with van der Waals surface area (Å²) in [5.74, 6) is -0.205. The summed E-state index contributed by atoms with van der Waals surface area (Å²) in [5.41, 5.74) is 1.98. The third kappa shape index (κ3) is 4.28. The Morgan fingerprint density at radius 2 is 1.79 bits per heavy atom. The molecule has 0 atom stereocenters. The number of rotatable bonds is 4. The van der Waals surface area contributed by atoms with Crippen LogP contribution in [0.3, 0.4) is 0 Å². The number of benzene rings is 1.